The molecule has 2 N–H and O–H groups in total. The fourth-order valence-corrected chi connectivity index (χ4v) is 4.07. The molecule has 0 unspecified atom stereocenters. The van der Waals surface area contributed by atoms with Crippen LogP contribution in [0.25, 0.3) is 0 Å². The second kappa shape index (κ2) is 5.89. The maximum atomic E-state index is 10.9. The Bertz CT molecular complexity index is 905. The molecule has 2 atom stereocenters. The summed E-state index contributed by atoms with van der Waals surface area (Å²) in [6, 6.07) is 16.2. The number of hydrogen-bond acceptors (Lipinski definition) is 4. The van der Waals surface area contributed by atoms with E-state index in [4.69, 9.17) is 24.4 Å². The largest absolute Gasteiger partial charge is 0.348 e. The van der Waals surface area contributed by atoms with Gasteiger partial charge in [-0.2, -0.15) is 0 Å². The number of nitro groups is 1. The predicted octanol–water partition coefficient (Wildman–Crippen LogP) is 2.64. The minimum atomic E-state index is -0.597. The zero-order valence-corrected chi connectivity index (χ0v) is 15.4. The fraction of sp³-hybridized carbons (Fsp3) is 0.176. The molecule has 2 saturated heterocycles. The standard InChI is InChI=1S/C17H15N5O2S2/c1-17(11-7-9-13(10-8-11)22(23)24)14-18-15(25)20(21(14)16(26)19-17)12-5-3-2-4-6-12/h2-10,14H,1H3,(H,18,25)(H,19,26)/t14-,17+/m1/s1. The lowest BCUT2D eigenvalue weighted by Gasteiger charge is -2.30. The second-order valence-electron chi connectivity index (χ2n) is 6.28. The van der Waals surface area contributed by atoms with Gasteiger partial charge in [0.1, 0.15) is 5.54 Å². The second-order valence-corrected chi connectivity index (χ2v) is 7.05. The molecule has 2 aromatic rings. The van der Waals surface area contributed by atoms with Gasteiger partial charge in [0, 0.05) is 12.1 Å². The van der Waals surface area contributed by atoms with Crippen molar-refractivity contribution in [1.29, 1.82) is 0 Å². The molecular weight excluding hydrogens is 370 g/mol. The number of non-ortho nitro benzene ring substituents is 1. The first-order valence-corrected chi connectivity index (χ1v) is 8.75. The summed E-state index contributed by atoms with van der Waals surface area (Å²) >= 11 is 11.1. The van der Waals surface area contributed by atoms with Crippen LogP contribution in [0.3, 0.4) is 0 Å². The van der Waals surface area contributed by atoms with Crippen molar-refractivity contribution in [3.63, 3.8) is 0 Å². The van der Waals surface area contributed by atoms with E-state index < -0.39 is 10.5 Å². The number of nitrogens with one attached hydrogen (secondary N) is 2. The first kappa shape index (κ1) is 16.7. The summed E-state index contributed by atoms with van der Waals surface area (Å²) < 4.78 is 0. The number of para-hydroxylation sites is 1. The molecule has 2 aliphatic rings. The first-order valence-electron chi connectivity index (χ1n) is 7.94. The smallest absolute Gasteiger partial charge is 0.269 e. The van der Waals surface area contributed by atoms with Crippen LogP contribution >= 0.6 is 24.4 Å². The molecule has 132 valence electrons. The number of hydrazine groups is 1. The molecule has 2 heterocycles. The Morgan fingerprint density at radius 3 is 2.35 bits per heavy atom. The minimum Gasteiger partial charge on any atom is -0.348 e. The van der Waals surface area contributed by atoms with Crippen molar-refractivity contribution in [2.24, 2.45) is 0 Å². The van der Waals surface area contributed by atoms with E-state index in [1.54, 1.807) is 12.1 Å². The Balaban J connectivity index is 1.72. The number of nitro benzene ring substituents is 1. The number of hydrogen-bond donors (Lipinski definition) is 2. The van der Waals surface area contributed by atoms with Crippen LogP contribution in [0, 0.1) is 10.1 Å². The average molecular weight is 385 g/mol. The molecule has 0 radical (unpaired) electrons. The van der Waals surface area contributed by atoms with E-state index in [2.05, 4.69) is 10.6 Å². The highest BCUT2D eigenvalue weighted by molar-refractivity contribution is 7.81. The van der Waals surface area contributed by atoms with Crippen LogP contribution in [-0.4, -0.2) is 26.3 Å². The van der Waals surface area contributed by atoms with E-state index >= 15 is 0 Å². The molecule has 0 aromatic heterocycles. The molecule has 2 fully saturated rings. The summed E-state index contributed by atoms with van der Waals surface area (Å²) in [5.74, 6) is 0. The summed E-state index contributed by atoms with van der Waals surface area (Å²) in [4.78, 5) is 10.5. The summed E-state index contributed by atoms with van der Waals surface area (Å²) in [7, 11) is 0. The molecule has 26 heavy (non-hydrogen) atoms. The summed E-state index contributed by atoms with van der Waals surface area (Å²) in [6.07, 6.45) is -0.246. The van der Waals surface area contributed by atoms with Gasteiger partial charge < -0.3 is 10.6 Å². The number of benzene rings is 2. The maximum Gasteiger partial charge on any atom is 0.269 e. The number of thiocarbonyl (C=S) groups is 2. The van der Waals surface area contributed by atoms with Crippen molar-refractivity contribution in [3.8, 4) is 0 Å². The lowest BCUT2D eigenvalue weighted by atomic mass is 9.90. The highest BCUT2D eigenvalue weighted by atomic mass is 32.1. The summed E-state index contributed by atoms with van der Waals surface area (Å²) in [5, 5.41) is 22.4. The lowest BCUT2D eigenvalue weighted by molar-refractivity contribution is -0.384. The van der Waals surface area contributed by atoms with Crippen molar-refractivity contribution in [2.75, 3.05) is 5.01 Å². The molecule has 0 bridgehead atoms. The Morgan fingerprint density at radius 1 is 1.08 bits per heavy atom. The van der Waals surface area contributed by atoms with E-state index in [0.717, 1.165) is 11.3 Å². The third kappa shape index (κ3) is 2.39. The Morgan fingerprint density at radius 2 is 1.73 bits per heavy atom. The van der Waals surface area contributed by atoms with Crippen LogP contribution in [0.4, 0.5) is 11.4 Å². The van der Waals surface area contributed by atoms with E-state index in [9.17, 15) is 10.1 Å². The van der Waals surface area contributed by atoms with Crippen molar-refractivity contribution >= 4 is 46.0 Å². The van der Waals surface area contributed by atoms with Crippen LogP contribution in [0.5, 0.6) is 0 Å². The minimum absolute atomic E-state index is 0.0515. The van der Waals surface area contributed by atoms with Crippen LogP contribution < -0.4 is 15.6 Å². The molecule has 4 rings (SSSR count). The average Bonchev–Trinajstić information content (AvgIpc) is 3.11. The Hall–Kier alpha value is -2.78. The fourth-order valence-electron chi connectivity index (χ4n) is 3.37. The van der Waals surface area contributed by atoms with Gasteiger partial charge in [0.2, 0.25) is 0 Å². The van der Waals surface area contributed by atoms with E-state index in [0.29, 0.717) is 10.2 Å². The van der Waals surface area contributed by atoms with Gasteiger partial charge in [-0.05, 0) is 61.2 Å². The molecule has 2 aromatic carbocycles. The third-order valence-electron chi connectivity index (χ3n) is 4.71. The van der Waals surface area contributed by atoms with Crippen molar-refractivity contribution < 1.29 is 4.92 Å². The molecular formula is C17H15N5O2S2. The highest BCUT2D eigenvalue weighted by Gasteiger charge is 2.55. The molecule has 2 aliphatic heterocycles. The lowest BCUT2D eigenvalue weighted by Crippen LogP contribution is -2.49. The molecule has 0 amide bonds. The van der Waals surface area contributed by atoms with E-state index in [-0.39, 0.29) is 11.9 Å². The van der Waals surface area contributed by atoms with Crippen LogP contribution in [-0.2, 0) is 5.54 Å². The van der Waals surface area contributed by atoms with Gasteiger partial charge in [0.25, 0.3) is 5.69 Å². The number of fused-ring (bicyclic) bond motifs is 1. The zero-order valence-electron chi connectivity index (χ0n) is 13.7. The molecule has 0 saturated carbocycles. The summed E-state index contributed by atoms with van der Waals surface area (Å²) in [5.41, 5.74) is 1.24. The van der Waals surface area contributed by atoms with Gasteiger partial charge in [-0.15, -0.1) is 0 Å². The zero-order chi connectivity index (χ0) is 18.5. The summed E-state index contributed by atoms with van der Waals surface area (Å²) in [6.45, 7) is 2.00. The van der Waals surface area contributed by atoms with Gasteiger partial charge in [0.05, 0.1) is 10.6 Å². The molecule has 7 nitrogen and oxygen atoms in total. The Labute approximate surface area is 160 Å². The van der Waals surface area contributed by atoms with Crippen LogP contribution in [0.15, 0.2) is 54.6 Å². The van der Waals surface area contributed by atoms with Crippen molar-refractivity contribution in [2.45, 2.75) is 18.6 Å². The number of rotatable bonds is 3. The van der Waals surface area contributed by atoms with Crippen molar-refractivity contribution in [1.82, 2.24) is 15.6 Å². The topological polar surface area (TPSA) is 73.7 Å². The predicted molar refractivity (Wildman–Crippen MR) is 106 cm³/mol. The van der Waals surface area contributed by atoms with Gasteiger partial charge in [-0.1, -0.05) is 18.2 Å². The van der Waals surface area contributed by atoms with E-state index in [1.807, 2.05) is 47.3 Å². The number of anilines is 1. The number of nitrogens with zero attached hydrogens (tertiary/aromatic N) is 3. The Kier molecular flexibility index (Phi) is 3.78. The molecule has 0 aliphatic carbocycles. The van der Waals surface area contributed by atoms with E-state index in [1.165, 1.54) is 12.1 Å². The molecule has 9 heteroatoms. The molecule has 0 spiro atoms. The van der Waals surface area contributed by atoms with Crippen LogP contribution in [0.1, 0.15) is 12.5 Å². The van der Waals surface area contributed by atoms with Gasteiger partial charge >= 0.3 is 0 Å². The quantitative estimate of drug-likeness (QED) is 0.475. The highest BCUT2D eigenvalue weighted by Crippen LogP contribution is 2.38. The van der Waals surface area contributed by atoms with Gasteiger partial charge in [-0.3, -0.25) is 10.1 Å². The van der Waals surface area contributed by atoms with Crippen molar-refractivity contribution in [3.05, 3.63) is 70.3 Å². The SMILES string of the molecule is C[C@@]1(c2ccc([N+](=O)[O-])cc2)NC(=S)N2[C@H]1NC(=S)N2c1ccccc1. The first-order chi connectivity index (χ1) is 12.4. The van der Waals surface area contributed by atoms with Gasteiger partial charge in [-0.25, -0.2) is 10.0 Å². The van der Waals surface area contributed by atoms with Crippen LogP contribution in [0.2, 0.25) is 0 Å². The maximum absolute atomic E-state index is 10.9. The normalized spacial score (nSPS) is 24.3. The monoisotopic (exact) mass is 385 g/mol. The third-order valence-corrected chi connectivity index (χ3v) is 5.29. The van der Waals surface area contributed by atoms with Gasteiger partial charge in [0.15, 0.2) is 16.4 Å².